The Kier molecular flexibility index (Phi) is 19.3. The van der Waals surface area contributed by atoms with Crippen LogP contribution in [0.4, 0.5) is 19.4 Å². The topological polar surface area (TPSA) is 238 Å². The van der Waals surface area contributed by atoms with E-state index in [1.807, 2.05) is 130 Å². The average molecular weight is 1460 g/mol. The van der Waals surface area contributed by atoms with E-state index in [1.54, 1.807) is 30.5 Å². The van der Waals surface area contributed by atoms with E-state index in [9.17, 15) is 29.0 Å². The van der Waals surface area contributed by atoms with Crippen LogP contribution >= 0.6 is 0 Å². The molecule has 8 heterocycles. The Labute approximate surface area is 624 Å². The summed E-state index contributed by atoms with van der Waals surface area (Å²) in [5.74, 6) is -1.15. The molecular weight excluding hydrogens is 1370 g/mol. The monoisotopic (exact) mass is 1460 g/mol. The zero-order valence-corrected chi connectivity index (χ0v) is 61.1. The third-order valence-electron chi connectivity index (χ3n) is 21.7. The lowest BCUT2D eigenvalue weighted by atomic mass is 9.77. The van der Waals surface area contributed by atoms with Crippen LogP contribution in [-0.4, -0.2) is 153 Å². The summed E-state index contributed by atoms with van der Waals surface area (Å²) in [5, 5.41) is 40.5. The highest BCUT2D eigenvalue weighted by Crippen LogP contribution is 2.55. The number of hydrogen-bond acceptors (Lipinski definition) is 16. The molecule has 2 bridgehead atoms. The smallest absolute Gasteiger partial charge is 0.410 e. The van der Waals surface area contributed by atoms with Gasteiger partial charge in [-0.3, -0.25) is 19.3 Å². The predicted molar refractivity (Wildman–Crippen MR) is 404 cm³/mol. The molecule has 7 aromatic carbocycles. The largest absolute Gasteiger partial charge is 0.486 e. The van der Waals surface area contributed by atoms with Gasteiger partial charge in [-0.05, 0) is 116 Å². The second-order valence-electron chi connectivity index (χ2n) is 30.5. The maximum absolute atomic E-state index is 17.7. The number of amides is 3. The Bertz CT molecular complexity index is 5050. The molecule has 23 heteroatoms. The van der Waals surface area contributed by atoms with E-state index in [1.165, 1.54) is 34.0 Å². The van der Waals surface area contributed by atoms with Crippen LogP contribution in [0.2, 0.25) is 0 Å². The first-order valence-corrected chi connectivity index (χ1v) is 37.3. The third-order valence-corrected chi connectivity index (χ3v) is 21.7. The number of aromatic nitrogens is 8. The molecule has 554 valence electrons. The van der Waals surface area contributed by atoms with E-state index in [4.69, 9.17) is 34.0 Å². The van der Waals surface area contributed by atoms with Gasteiger partial charge in [0.15, 0.2) is 5.75 Å². The van der Waals surface area contributed by atoms with E-state index in [-0.39, 0.29) is 67.4 Å². The summed E-state index contributed by atoms with van der Waals surface area (Å²) in [5.41, 5.74) is 7.87. The summed E-state index contributed by atoms with van der Waals surface area (Å²) in [6.45, 7) is 12.6. The van der Waals surface area contributed by atoms with Gasteiger partial charge in [0.25, 0.3) is 0 Å². The number of benzene rings is 7. The van der Waals surface area contributed by atoms with Crippen LogP contribution in [0.5, 0.6) is 11.8 Å². The highest BCUT2D eigenvalue weighted by atomic mass is 19.1. The summed E-state index contributed by atoms with van der Waals surface area (Å²) in [4.78, 5) is 63.3. The van der Waals surface area contributed by atoms with Crippen molar-refractivity contribution >= 4 is 45.5 Å². The highest BCUT2D eigenvalue weighted by Gasteiger charge is 2.49. The molecule has 1 saturated carbocycles. The molecule has 21 nitrogen and oxygen atoms in total. The maximum atomic E-state index is 17.7. The number of piperazine rings is 1. The number of pyridine rings is 1. The Morgan fingerprint density at radius 3 is 2.02 bits per heavy atom. The number of carbonyl (C=O) groups is 3. The highest BCUT2D eigenvalue weighted by molar-refractivity contribution is 6.06. The Morgan fingerprint density at radius 2 is 1.40 bits per heavy atom. The van der Waals surface area contributed by atoms with Crippen molar-refractivity contribution in [2.45, 2.75) is 146 Å². The van der Waals surface area contributed by atoms with E-state index in [2.05, 4.69) is 74.2 Å². The van der Waals surface area contributed by atoms with Crippen molar-refractivity contribution < 1.29 is 52.3 Å². The number of carbonyl (C=O) groups excluding carboxylic acids is 3. The molecule has 1 aliphatic carbocycles. The van der Waals surface area contributed by atoms with Crippen LogP contribution in [-0.2, 0) is 31.2 Å². The minimum Gasteiger partial charge on any atom is -0.486 e. The van der Waals surface area contributed by atoms with Gasteiger partial charge in [-0.15, -0.1) is 5.10 Å². The van der Waals surface area contributed by atoms with Gasteiger partial charge in [0.1, 0.15) is 70.3 Å². The van der Waals surface area contributed by atoms with Crippen molar-refractivity contribution in [3.63, 3.8) is 0 Å². The van der Waals surface area contributed by atoms with Crippen LogP contribution in [0.25, 0.3) is 55.4 Å². The minimum absolute atomic E-state index is 0.0206. The number of halogens is 2. The zero-order chi connectivity index (χ0) is 74.7. The summed E-state index contributed by atoms with van der Waals surface area (Å²) in [6, 6.07) is 48.8. The number of aliphatic hydroxyl groups excluding tert-OH is 2. The summed E-state index contributed by atoms with van der Waals surface area (Å²) >= 11 is 0. The van der Waals surface area contributed by atoms with E-state index in [0.717, 1.165) is 46.0 Å². The Morgan fingerprint density at radius 1 is 0.722 bits per heavy atom. The summed E-state index contributed by atoms with van der Waals surface area (Å²) in [6.07, 6.45) is 7.34. The fourth-order valence-electron chi connectivity index (χ4n) is 16.3. The van der Waals surface area contributed by atoms with Crippen LogP contribution in [0.15, 0.2) is 182 Å². The SMILES string of the molecule is Cc1c(F)cc2nn(C(c3ccccc3)(c3ccccc3)c3ccccc3)cc2c1-c1c(C2CC2)cc2c(N3C[C@@H]4C[C@H]3CN4C(=O)OC(C)(C)C)nc(OC3CCOCC3)nc2c1OCc1ccc(-c2cn([C@H](C(=O)N3C[C@H](O)C[C@H]3C(=O)N[C@@H](CO)c3ccc(-c4ncccc4F)cc3)C(C)C)nn2)cc1. The maximum Gasteiger partial charge on any atom is 0.410 e. The quantitative estimate of drug-likeness (QED) is 0.0567. The molecule has 0 unspecified atom stereocenters. The van der Waals surface area contributed by atoms with Crippen molar-refractivity contribution in [1.82, 2.24) is 54.8 Å². The first-order valence-electron chi connectivity index (χ1n) is 37.3. The van der Waals surface area contributed by atoms with Gasteiger partial charge in [0, 0.05) is 90.4 Å². The predicted octanol–water partition coefficient (Wildman–Crippen LogP) is 13.6. The number of anilines is 1. The molecule has 0 radical (unpaired) electrons. The molecule has 4 aliphatic heterocycles. The zero-order valence-electron chi connectivity index (χ0n) is 61.1. The number of rotatable bonds is 21. The summed E-state index contributed by atoms with van der Waals surface area (Å²) in [7, 11) is 0. The number of fused-ring (bicyclic) bond motifs is 4. The summed E-state index contributed by atoms with van der Waals surface area (Å²) < 4.78 is 61.9. The molecule has 5 fully saturated rings. The van der Waals surface area contributed by atoms with E-state index >= 15 is 4.39 Å². The number of likely N-dealkylation sites (tertiary alicyclic amines) is 2. The van der Waals surface area contributed by atoms with Crippen molar-refractivity contribution in [1.29, 1.82) is 0 Å². The van der Waals surface area contributed by atoms with Gasteiger partial charge in [0.05, 0.1) is 55.8 Å². The fraction of sp³-hybridized carbons (Fsp3) is 0.353. The molecular formula is C85H86F2N12O9. The van der Waals surface area contributed by atoms with Gasteiger partial charge >= 0.3 is 12.1 Å². The number of aliphatic hydroxyl groups is 2. The van der Waals surface area contributed by atoms with Gasteiger partial charge in [-0.2, -0.15) is 15.1 Å². The Hall–Kier alpha value is -11.0. The first kappa shape index (κ1) is 71.3. The number of nitrogens with zero attached hydrogens (tertiary/aromatic N) is 11. The van der Waals surface area contributed by atoms with Crippen molar-refractivity contribution in [3.05, 3.63) is 233 Å². The van der Waals surface area contributed by atoms with Crippen molar-refractivity contribution in [3.8, 4) is 45.4 Å². The molecule has 11 aromatic rings. The van der Waals surface area contributed by atoms with Crippen molar-refractivity contribution in [2.24, 2.45) is 5.92 Å². The fourth-order valence-corrected chi connectivity index (χ4v) is 16.3. The van der Waals surface area contributed by atoms with Gasteiger partial charge in [-0.1, -0.05) is 159 Å². The standard InChI is InChI=1S/C85H86F2N12O9/c1-50(2)77(81(103)97-45-62(101)40-72(97)80(102)89-71(48-100)55-30-32-56(33-31-55)75-67(86)23-16-36-88-75)98-47-70(92-94-98)54-26-24-52(25-27-54)49-106-78-74(73-51(3)68(87)42-69-66(73)46-99(93-69)85(57-17-10-7-11-18-57,58-19-12-8-13-20-58)59-21-14-9-15-22-59)64(53-28-29-53)41-65-76(78)90-82(107-63-34-37-105-38-35-63)91-79(65)95-43-61-39-60(95)44-96(61)83(104)108-84(4,5)6/h7-27,30-33,36,41-42,46-47,50,53,60-63,71-72,77,100-101H,28-29,34-35,37-40,43-45,48-49H2,1-6H3,(H,89,102)/t60-,61-,62+,71-,72-,77-/m0/s1. The molecule has 16 rings (SSSR count). The molecule has 4 saturated heterocycles. The lowest BCUT2D eigenvalue weighted by molar-refractivity contribution is -0.142. The van der Waals surface area contributed by atoms with Crippen LogP contribution in [0.1, 0.15) is 130 Å². The lowest BCUT2D eigenvalue weighted by Gasteiger charge is -2.36. The molecule has 108 heavy (non-hydrogen) atoms. The van der Waals surface area contributed by atoms with Crippen LogP contribution < -0.4 is 19.7 Å². The van der Waals surface area contributed by atoms with E-state index in [0.29, 0.717) is 113 Å². The van der Waals surface area contributed by atoms with Gasteiger partial charge < -0.3 is 49.2 Å². The Balaban J connectivity index is 0.766. The second kappa shape index (κ2) is 29.3. The van der Waals surface area contributed by atoms with E-state index < -0.39 is 65.4 Å². The average Bonchev–Trinajstić information content (AvgIpc) is 1.46. The van der Waals surface area contributed by atoms with Crippen molar-refractivity contribution in [2.75, 3.05) is 44.4 Å². The molecule has 6 atom stereocenters. The molecule has 3 N–H and O–H groups in total. The number of nitrogens with one attached hydrogen (secondary N) is 1. The normalized spacial score (nSPS) is 18.8. The van der Waals surface area contributed by atoms with Crippen LogP contribution in [0.3, 0.4) is 0 Å². The second-order valence-corrected chi connectivity index (χ2v) is 30.5. The molecule has 0 spiro atoms. The number of ether oxygens (including phenoxy) is 4. The number of hydrogen-bond donors (Lipinski definition) is 3. The lowest BCUT2D eigenvalue weighted by Crippen LogP contribution is -2.50. The molecule has 4 aromatic heterocycles. The first-order chi connectivity index (χ1) is 52.3. The van der Waals surface area contributed by atoms with Gasteiger partial charge in [-0.25, -0.2) is 18.3 Å². The molecule has 3 amide bonds. The van der Waals surface area contributed by atoms with Gasteiger partial charge in [0.2, 0.25) is 11.8 Å². The van der Waals surface area contributed by atoms with Crippen LogP contribution in [0, 0.1) is 24.5 Å². The molecule has 5 aliphatic rings. The minimum atomic E-state index is -1.07. The number of β-amino-alcohol motifs (C(OH)–C–C–N with tert-alkyl or cyclic N) is 1. The third kappa shape index (κ3) is 13.6.